The van der Waals surface area contributed by atoms with Crippen LogP contribution < -0.4 is 0 Å². The Kier molecular flexibility index (Phi) is 4.67. The molecule has 0 unspecified atom stereocenters. The fourth-order valence-corrected chi connectivity index (χ4v) is 3.07. The van der Waals surface area contributed by atoms with Gasteiger partial charge in [0.15, 0.2) is 0 Å². The average Bonchev–Trinajstić information content (AvgIpc) is 2.34. The molecule has 1 atom stereocenters. The molecular weight excluding hydrogens is 334 g/mol. The molecule has 0 aliphatic carbocycles. The first-order chi connectivity index (χ1) is 8.58. The first-order valence-electron chi connectivity index (χ1n) is 5.34. The number of pyridine rings is 1. The number of benzene rings is 1. The van der Waals surface area contributed by atoms with E-state index in [1.165, 1.54) is 11.8 Å². The molecule has 0 amide bonds. The molecule has 1 aromatic carbocycles. The number of nitrogens with zero attached hydrogens (tertiary/aromatic N) is 1. The Bertz CT molecular complexity index is 562. The molecule has 0 saturated heterocycles. The number of rotatable bonds is 3. The van der Waals surface area contributed by atoms with Crippen LogP contribution in [0.1, 0.15) is 18.6 Å². The van der Waals surface area contributed by atoms with Gasteiger partial charge in [-0.1, -0.05) is 29.4 Å². The minimum absolute atomic E-state index is 0.473. The predicted octanol–water partition coefficient (Wildman–Crippen LogP) is 4.70. The van der Waals surface area contributed by atoms with Crippen LogP contribution in [-0.4, -0.2) is 10.1 Å². The Hall–Kier alpha value is -0.550. The molecule has 1 heterocycles. The minimum Gasteiger partial charge on any atom is -0.389 e. The molecule has 1 aromatic heterocycles. The molecule has 0 radical (unpaired) electrons. The Morgan fingerprint density at radius 3 is 2.78 bits per heavy atom. The first-order valence-corrected chi connectivity index (χ1v) is 7.32. The monoisotopic (exact) mass is 343 g/mol. The molecule has 1 N–H and O–H groups in total. The second kappa shape index (κ2) is 6.06. The Labute approximate surface area is 124 Å². The maximum absolute atomic E-state index is 9.51. The third kappa shape index (κ3) is 3.26. The summed E-state index contributed by atoms with van der Waals surface area (Å²) >= 11 is 11.1. The SMILES string of the molecule is C[C@@H](O)c1ccc(Sc2ncccc2Cl)c(Br)c1. The predicted molar refractivity (Wildman–Crippen MR) is 78.1 cm³/mol. The van der Waals surface area contributed by atoms with E-state index in [0.29, 0.717) is 5.02 Å². The lowest BCUT2D eigenvalue weighted by Gasteiger charge is -2.09. The van der Waals surface area contributed by atoms with Crippen LogP contribution in [0.4, 0.5) is 0 Å². The maximum Gasteiger partial charge on any atom is 0.119 e. The minimum atomic E-state index is -0.473. The van der Waals surface area contributed by atoms with E-state index in [-0.39, 0.29) is 0 Å². The Morgan fingerprint density at radius 1 is 1.39 bits per heavy atom. The van der Waals surface area contributed by atoms with Gasteiger partial charge >= 0.3 is 0 Å². The van der Waals surface area contributed by atoms with E-state index >= 15 is 0 Å². The Balaban J connectivity index is 2.28. The highest BCUT2D eigenvalue weighted by Gasteiger charge is 2.09. The largest absolute Gasteiger partial charge is 0.389 e. The number of aliphatic hydroxyl groups excluding tert-OH is 1. The van der Waals surface area contributed by atoms with Gasteiger partial charge in [-0.15, -0.1) is 0 Å². The van der Waals surface area contributed by atoms with Gasteiger partial charge in [-0.3, -0.25) is 0 Å². The highest BCUT2D eigenvalue weighted by molar-refractivity contribution is 9.10. The summed E-state index contributed by atoms with van der Waals surface area (Å²) in [5.41, 5.74) is 0.873. The van der Waals surface area contributed by atoms with Gasteiger partial charge < -0.3 is 5.11 Å². The highest BCUT2D eigenvalue weighted by Crippen LogP contribution is 2.36. The molecular formula is C13H11BrClNOS. The third-order valence-electron chi connectivity index (χ3n) is 2.37. The van der Waals surface area contributed by atoms with Crippen molar-refractivity contribution >= 4 is 39.3 Å². The van der Waals surface area contributed by atoms with Crippen LogP contribution in [-0.2, 0) is 0 Å². The summed E-state index contributed by atoms with van der Waals surface area (Å²) in [4.78, 5) is 5.25. The molecule has 0 spiro atoms. The zero-order valence-electron chi connectivity index (χ0n) is 9.60. The van der Waals surface area contributed by atoms with E-state index in [1.807, 2.05) is 24.3 Å². The summed E-state index contributed by atoms with van der Waals surface area (Å²) in [6.45, 7) is 1.74. The lowest BCUT2D eigenvalue weighted by molar-refractivity contribution is 0.199. The van der Waals surface area contributed by atoms with Crippen LogP contribution in [0.5, 0.6) is 0 Å². The fourth-order valence-electron chi connectivity index (χ4n) is 1.41. The van der Waals surface area contributed by atoms with Gasteiger partial charge in [0.2, 0.25) is 0 Å². The van der Waals surface area contributed by atoms with E-state index in [0.717, 1.165) is 20.0 Å². The summed E-state index contributed by atoms with van der Waals surface area (Å²) in [6, 6.07) is 9.37. The normalized spacial score (nSPS) is 12.4. The van der Waals surface area contributed by atoms with Gasteiger partial charge in [-0.25, -0.2) is 4.98 Å². The van der Waals surface area contributed by atoms with Crippen molar-refractivity contribution in [3.05, 3.63) is 51.6 Å². The topological polar surface area (TPSA) is 33.1 Å². The lowest BCUT2D eigenvalue weighted by atomic mass is 10.1. The van der Waals surface area contributed by atoms with Gasteiger partial charge in [-0.05, 0) is 52.7 Å². The average molecular weight is 345 g/mol. The zero-order valence-corrected chi connectivity index (χ0v) is 12.8. The molecule has 5 heteroatoms. The molecule has 2 rings (SSSR count). The summed E-state index contributed by atoms with van der Waals surface area (Å²) in [6.07, 6.45) is 1.24. The molecule has 2 aromatic rings. The van der Waals surface area contributed by atoms with E-state index in [1.54, 1.807) is 19.2 Å². The molecule has 0 fully saturated rings. The second-order valence-electron chi connectivity index (χ2n) is 3.76. The van der Waals surface area contributed by atoms with Crippen molar-refractivity contribution in [3.63, 3.8) is 0 Å². The standard InChI is InChI=1S/C13H11BrClNOS/c1-8(17)9-4-5-12(10(14)7-9)18-13-11(15)3-2-6-16-13/h2-8,17H,1H3/t8-/m1/s1. The quantitative estimate of drug-likeness (QED) is 0.876. The lowest BCUT2D eigenvalue weighted by Crippen LogP contribution is -1.91. The summed E-state index contributed by atoms with van der Waals surface area (Å²) in [5.74, 6) is 0. The van der Waals surface area contributed by atoms with Gasteiger partial charge in [0.25, 0.3) is 0 Å². The molecule has 94 valence electrons. The molecule has 2 nitrogen and oxygen atoms in total. The summed E-state index contributed by atoms with van der Waals surface area (Å²) in [7, 11) is 0. The van der Waals surface area contributed by atoms with E-state index in [9.17, 15) is 5.11 Å². The van der Waals surface area contributed by atoms with Crippen molar-refractivity contribution < 1.29 is 5.11 Å². The van der Waals surface area contributed by atoms with Gasteiger partial charge in [-0.2, -0.15) is 0 Å². The number of aromatic nitrogens is 1. The van der Waals surface area contributed by atoms with Gasteiger partial charge in [0.05, 0.1) is 11.1 Å². The van der Waals surface area contributed by atoms with E-state index in [4.69, 9.17) is 11.6 Å². The van der Waals surface area contributed by atoms with Crippen LogP contribution in [0.15, 0.2) is 50.9 Å². The van der Waals surface area contributed by atoms with Crippen molar-refractivity contribution in [2.75, 3.05) is 0 Å². The number of aliphatic hydroxyl groups is 1. The van der Waals surface area contributed by atoms with Crippen LogP contribution >= 0.6 is 39.3 Å². The van der Waals surface area contributed by atoms with Crippen LogP contribution in [0.3, 0.4) is 0 Å². The highest BCUT2D eigenvalue weighted by atomic mass is 79.9. The Morgan fingerprint density at radius 2 is 2.17 bits per heavy atom. The summed E-state index contributed by atoms with van der Waals surface area (Å²) in [5, 5.41) is 10.9. The van der Waals surface area contributed by atoms with E-state index in [2.05, 4.69) is 20.9 Å². The van der Waals surface area contributed by atoms with Gasteiger partial charge in [0.1, 0.15) is 5.03 Å². The molecule has 0 bridgehead atoms. The second-order valence-corrected chi connectivity index (χ2v) is 6.05. The number of hydrogen-bond acceptors (Lipinski definition) is 3. The number of halogens is 2. The fraction of sp³-hybridized carbons (Fsp3) is 0.154. The smallest absolute Gasteiger partial charge is 0.119 e. The zero-order chi connectivity index (χ0) is 13.1. The van der Waals surface area contributed by atoms with Crippen molar-refractivity contribution in [3.8, 4) is 0 Å². The molecule has 18 heavy (non-hydrogen) atoms. The number of hydrogen-bond donors (Lipinski definition) is 1. The summed E-state index contributed by atoms with van der Waals surface area (Å²) < 4.78 is 0.924. The van der Waals surface area contributed by atoms with E-state index < -0.39 is 6.10 Å². The van der Waals surface area contributed by atoms with Crippen molar-refractivity contribution in [2.45, 2.75) is 22.9 Å². The van der Waals surface area contributed by atoms with Gasteiger partial charge in [0, 0.05) is 15.6 Å². The van der Waals surface area contributed by atoms with Crippen LogP contribution in [0, 0.1) is 0 Å². The van der Waals surface area contributed by atoms with Crippen molar-refractivity contribution in [1.82, 2.24) is 4.98 Å². The maximum atomic E-state index is 9.51. The third-order valence-corrected chi connectivity index (χ3v) is 4.80. The van der Waals surface area contributed by atoms with Crippen molar-refractivity contribution in [2.24, 2.45) is 0 Å². The van der Waals surface area contributed by atoms with Crippen LogP contribution in [0.25, 0.3) is 0 Å². The van der Waals surface area contributed by atoms with Crippen molar-refractivity contribution in [1.29, 1.82) is 0 Å². The molecule has 0 aliphatic heterocycles. The van der Waals surface area contributed by atoms with Crippen LogP contribution in [0.2, 0.25) is 5.02 Å². The first kappa shape index (κ1) is 13.9. The molecule has 0 aliphatic rings. The molecule has 0 saturated carbocycles.